The summed E-state index contributed by atoms with van der Waals surface area (Å²) in [6.45, 7) is 3.81. The van der Waals surface area contributed by atoms with Crippen molar-refractivity contribution in [3.8, 4) is 0 Å². The number of rotatable bonds is 3. The van der Waals surface area contributed by atoms with Gasteiger partial charge in [0.2, 0.25) is 0 Å². The third-order valence-electron chi connectivity index (χ3n) is 2.91. The van der Waals surface area contributed by atoms with Crippen LogP contribution in [0.4, 0.5) is 11.4 Å². The SMILES string of the molecule is CCc1cc(Br)ccc1NC(=O)c1n[nH]c(C)c1N. The Morgan fingerprint density at radius 2 is 2.26 bits per heavy atom. The number of aryl methyl sites for hydroxylation is 2. The van der Waals surface area contributed by atoms with Gasteiger partial charge in [-0.2, -0.15) is 5.10 Å². The molecular formula is C13H15BrN4O. The molecule has 6 heteroatoms. The molecule has 0 atom stereocenters. The molecule has 19 heavy (non-hydrogen) atoms. The number of aromatic nitrogens is 2. The average molecular weight is 323 g/mol. The van der Waals surface area contributed by atoms with Crippen molar-refractivity contribution in [2.24, 2.45) is 0 Å². The van der Waals surface area contributed by atoms with E-state index in [2.05, 4.69) is 31.4 Å². The van der Waals surface area contributed by atoms with E-state index in [4.69, 9.17) is 5.73 Å². The second-order valence-corrected chi connectivity index (χ2v) is 5.14. The van der Waals surface area contributed by atoms with Crippen LogP contribution in [0.5, 0.6) is 0 Å². The van der Waals surface area contributed by atoms with E-state index in [0.29, 0.717) is 11.4 Å². The fourth-order valence-electron chi connectivity index (χ4n) is 1.77. The zero-order chi connectivity index (χ0) is 14.0. The molecule has 2 aromatic rings. The summed E-state index contributed by atoms with van der Waals surface area (Å²) in [5.74, 6) is -0.307. The van der Waals surface area contributed by atoms with E-state index in [0.717, 1.165) is 22.1 Å². The van der Waals surface area contributed by atoms with Crippen LogP contribution in [-0.4, -0.2) is 16.1 Å². The number of halogens is 1. The summed E-state index contributed by atoms with van der Waals surface area (Å²) < 4.78 is 0.984. The number of H-pyrrole nitrogens is 1. The summed E-state index contributed by atoms with van der Waals surface area (Å²) in [5.41, 5.74) is 8.91. The van der Waals surface area contributed by atoms with Gasteiger partial charge < -0.3 is 11.1 Å². The normalized spacial score (nSPS) is 10.5. The Bertz CT molecular complexity index is 621. The minimum absolute atomic E-state index is 0.225. The van der Waals surface area contributed by atoms with Gasteiger partial charge in [-0.25, -0.2) is 0 Å². The quantitative estimate of drug-likeness (QED) is 0.812. The number of benzene rings is 1. The molecule has 1 aromatic carbocycles. The smallest absolute Gasteiger partial charge is 0.278 e. The monoisotopic (exact) mass is 322 g/mol. The number of hydrogen-bond acceptors (Lipinski definition) is 3. The predicted molar refractivity (Wildman–Crippen MR) is 79.2 cm³/mol. The molecule has 1 amide bonds. The summed E-state index contributed by atoms with van der Waals surface area (Å²) in [4.78, 5) is 12.1. The highest BCUT2D eigenvalue weighted by Gasteiger charge is 2.16. The van der Waals surface area contributed by atoms with Crippen LogP contribution in [-0.2, 0) is 6.42 Å². The number of aromatic amines is 1. The van der Waals surface area contributed by atoms with Crippen LogP contribution in [0.2, 0.25) is 0 Å². The number of carbonyl (C=O) groups is 1. The summed E-state index contributed by atoms with van der Waals surface area (Å²) in [6, 6.07) is 5.72. The third kappa shape index (κ3) is 2.78. The van der Waals surface area contributed by atoms with E-state index in [1.54, 1.807) is 6.92 Å². The molecule has 0 radical (unpaired) electrons. The first-order chi connectivity index (χ1) is 9.02. The number of hydrogen-bond donors (Lipinski definition) is 3. The molecule has 0 saturated carbocycles. The van der Waals surface area contributed by atoms with Crippen molar-refractivity contribution in [2.45, 2.75) is 20.3 Å². The summed E-state index contributed by atoms with van der Waals surface area (Å²) in [7, 11) is 0. The molecular weight excluding hydrogens is 308 g/mol. The van der Waals surface area contributed by atoms with E-state index in [1.165, 1.54) is 0 Å². The van der Waals surface area contributed by atoms with Crippen molar-refractivity contribution in [3.63, 3.8) is 0 Å². The van der Waals surface area contributed by atoms with Gasteiger partial charge in [-0.1, -0.05) is 22.9 Å². The van der Waals surface area contributed by atoms with Crippen molar-refractivity contribution in [3.05, 3.63) is 39.6 Å². The van der Waals surface area contributed by atoms with E-state index < -0.39 is 0 Å². The van der Waals surface area contributed by atoms with Crippen molar-refractivity contribution >= 4 is 33.2 Å². The molecule has 0 aliphatic heterocycles. The van der Waals surface area contributed by atoms with Gasteiger partial charge >= 0.3 is 0 Å². The first kappa shape index (κ1) is 13.6. The summed E-state index contributed by atoms with van der Waals surface area (Å²) >= 11 is 3.41. The standard InChI is InChI=1S/C13H15BrN4O/c1-3-8-6-9(14)4-5-10(8)16-13(19)12-11(15)7(2)17-18-12/h4-6H,3,15H2,1-2H3,(H,16,19)(H,17,18). The van der Waals surface area contributed by atoms with E-state index in [1.807, 2.05) is 25.1 Å². The predicted octanol–water partition coefficient (Wildman–Crippen LogP) is 2.88. The van der Waals surface area contributed by atoms with Crippen molar-refractivity contribution in [2.75, 3.05) is 11.1 Å². The molecule has 5 nitrogen and oxygen atoms in total. The highest BCUT2D eigenvalue weighted by Crippen LogP contribution is 2.23. The molecule has 0 saturated heterocycles. The van der Waals surface area contributed by atoms with Gasteiger partial charge in [0.1, 0.15) is 0 Å². The molecule has 1 heterocycles. The number of nitrogens with two attached hydrogens (primary N) is 1. The van der Waals surface area contributed by atoms with E-state index in [9.17, 15) is 4.79 Å². The number of nitrogen functional groups attached to an aromatic ring is 1. The van der Waals surface area contributed by atoms with Crippen LogP contribution < -0.4 is 11.1 Å². The lowest BCUT2D eigenvalue weighted by Crippen LogP contribution is -2.15. The number of nitrogens with one attached hydrogen (secondary N) is 2. The van der Waals surface area contributed by atoms with Crippen LogP contribution >= 0.6 is 15.9 Å². The highest BCUT2D eigenvalue weighted by molar-refractivity contribution is 9.10. The van der Waals surface area contributed by atoms with Crippen LogP contribution in [0.1, 0.15) is 28.7 Å². The first-order valence-corrected chi connectivity index (χ1v) is 6.72. The molecule has 0 aliphatic carbocycles. The zero-order valence-corrected chi connectivity index (χ0v) is 12.3. The van der Waals surface area contributed by atoms with Crippen molar-refractivity contribution < 1.29 is 4.79 Å². The van der Waals surface area contributed by atoms with Crippen molar-refractivity contribution in [1.29, 1.82) is 0 Å². The Labute approximate surface area is 119 Å². The molecule has 0 bridgehead atoms. The second kappa shape index (κ2) is 5.44. The van der Waals surface area contributed by atoms with E-state index >= 15 is 0 Å². The second-order valence-electron chi connectivity index (χ2n) is 4.22. The number of anilines is 2. The number of nitrogens with zero attached hydrogens (tertiary/aromatic N) is 1. The van der Waals surface area contributed by atoms with Gasteiger partial charge in [-0.3, -0.25) is 9.89 Å². The average Bonchev–Trinajstić information content (AvgIpc) is 2.72. The lowest BCUT2D eigenvalue weighted by molar-refractivity contribution is 0.102. The number of carbonyl (C=O) groups excluding carboxylic acids is 1. The molecule has 0 unspecified atom stereocenters. The fourth-order valence-corrected chi connectivity index (χ4v) is 2.18. The molecule has 0 spiro atoms. The Morgan fingerprint density at radius 3 is 2.84 bits per heavy atom. The van der Waals surface area contributed by atoms with Gasteiger partial charge in [-0.05, 0) is 37.1 Å². The Kier molecular flexibility index (Phi) is 3.90. The zero-order valence-electron chi connectivity index (χ0n) is 10.7. The lowest BCUT2D eigenvalue weighted by Gasteiger charge is -2.09. The van der Waals surface area contributed by atoms with Crippen LogP contribution in [0.15, 0.2) is 22.7 Å². The first-order valence-electron chi connectivity index (χ1n) is 5.93. The maximum absolute atomic E-state index is 12.1. The highest BCUT2D eigenvalue weighted by atomic mass is 79.9. The lowest BCUT2D eigenvalue weighted by atomic mass is 10.1. The van der Waals surface area contributed by atoms with Crippen molar-refractivity contribution in [1.82, 2.24) is 10.2 Å². The topological polar surface area (TPSA) is 83.8 Å². The molecule has 2 rings (SSSR count). The third-order valence-corrected chi connectivity index (χ3v) is 3.40. The maximum atomic E-state index is 12.1. The summed E-state index contributed by atoms with van der Waals surface area (Å²) in [6.07, 6.45) is 0.824. The Hall–Kier alpha value is -1.82. The maximum Gasteiger partial charge on any atom is 0.278 e. The van der Waals surface area contributed by atoms with Gasteiger partial charge in [0.15, 0.2) is 5.69 Å². The fraction of sp³-hybridized carbons (Fsp3) is 0.231. The van der Waals surface area contributed by atoms with E-state index in [-0.39, 0.29) is 11.6 Å². The van der Waals surface area contributed by atoms with Gasteiger partial charge in [-0.15, -0.1) is 0 Å². The molecule has 4 N–H and O–H groups in total. The minimum atomic E-state index is -0.307. The Balaban J connectivity index is 2.26. The molecule has 1 aromatic heterocycles. The van der Waals surface area contributed by atoms with Crippen LogP contribution in [0, 0.1) is 6.92 Å². The van der Waals surface area contributed by atoms with Gasteiger partial charge in [0.05, 0.1) is 11.4 Å². The van der Waals surface area contributed by atoms with Gasteiger partial charge in [0, 0.05) is 10.2 Å². The van der Waals surface area contributed by atoms with Crippen LogP contribution in [0.3, 0.4) is 0 Å². The largest absolute Gasteiger partial charge is 0.395 e. The van der Waals surface area contributed by atoms with Gasteiger partial charge in [0.25, 0.3) is 5.91 Å². The summed E-state index contributed by atoms with van der Waals surface area (Å²) in [5, 5.41) is 9.45. The molecule has 0 aliphatic rings. The molecule has 0 fully saturated rings. The number of amides is 1. The Morgan fingerprint density at radius 1 is 1.53 bits per heavy atom. The minimum Gasteiger partial charge on any atom is -0.395 e. The molecule has 100 valence electrons. The van der Waals surface area contributed by atoms with Crippen LogP contribution in [0.25, 0.3) is 0 Å².